The summed E-state index contributed by atoms with van der Waals surface area (Å²) < 4.78 is 49.2. The van der Waals surface area contributed by atoms with Gasteiger partial charge in [-0.15, -0.1) is 0 Å². The molecule has 0 aromatic heterocycles. The van der Waals surface area contributed by atoms with E-state index in [1.165, 1.54) is 25.3 Å². The van der Waals surface area contributed by atoms with E-state index < -0.39 is 34.9 Å². The van der Waals surface area contributed by atoms with Gasteiger partial charge in [-0.2, -0.15) is 13.2 Å². The van der Waals surface area contributed by atoms with Crippen molar-refractivity contribution in [1.29, 1.82) is 0 Å². The first-order chi connectivity index (χ1) is 15.7. The minimum absolute atomic E-state index is 0.0118. The number of allylic oxidation sites excluding steroid dienone is 1. The number of nitrogens with one attached hydrogen (secondary N) is 1. The lowest BCUT2D eigenvalue weighted by Crippen LogP contribution is -2.66. The van der Waals surface area contributed by atoms with E-state index in [1.807, 2.05) is 5.32 Å². The van der Waals surface area contributed by atoms with Crippen molar-refractivity contribution in [3.05, 3.63) is 77.0 Å². The SMILES string of the molecule is COc1ccccc1C(=O)N[C@@]1(C(F)(F)F)C(=O)N(Cc2ccccc2)C2=C1C(=O)CCC2. The fourth-order valence-electron chi connectivity index (χ4n) is 4.41. The quantitative estimate of drug-likeness (QED) is 0.740. The summed E-state index contributed by atoms with van der Waals surface area (Å²) >= 11 is 0. The van der Waals surface area contributed by atoms with Crippen LogP contribution in [0.2, 0.25) is 0 Å². The molecule has 172 valence electrons. The monoisotopic (exact) mass is 458 g/mol. The number of para-hydroxylation sites is 1. The Bertz CT molecular complexity index is 1140. The molecule has 0 radical (unpaired) electrons. The molecule has 0 saturated heterocycles. The van der Waals surface area contributed by atoms with Gasteiger partial charge in [-0.3, -0.25) is 14.4 Å². The summed E-state index contributed by atoms with van der Waals surface area (Å²) in [6, 6.07) is 14.3. The smallest absolute Gasteiger partial charge is 0.425 e. The fourth-order valence-corrected chi connectivity index (χ4v) is 4.41. The molecule has 4 rings (SSSR count). The maximum absolute atomic E-state index is 14.7. The van der Waals surface area contributed by atoms with Gasteiger partial charge in [0.2, 0.25) is 5.54 Å². The number of carbonyl (C=O) groups is 3. The van der Waals surface area contributed by atoms with Gasteiger partial charge in [0.1, 0.15) is 5.75 Å². The Hall–Kier alpha value is -3.62. The Morgan fingerprint density at radius 2 is 1.73 bits per heavy atom. The van der Waals surface area contributed by atoms with Gasteiger partial charge in [0.25, 0.3) is 11.8 Å². The number of methoxy groups -OCH3 is 1. The molecule has 2 aromatic rings. The summed E-state index contributed by atoms with van der Waals surface area (Å²) in [7, 11) is 1.28. The second-order valence-corrected chi connectivity index (χ2v) is 7.88. The van der Waals surface area contributed by atoms with Gasteiger partial charge in [-0.25, -0.2) is 0 Å². The van der Waals surface area contributed by atoms with Crippen molar-refractivity contribution < 1.29 is 32.3 Å². The number of ketones is 1. The first-order valence-corrected chi connectivity index (χ1v) is 10.4. The van der Waals surface area contributed by atoms with E-state index in [1.54, 1.807) is 36.4 Å². The van der Waals surface area contributed by atoms with Crippen molar-refractivity contribution >= 4 is 17.6 Å². The summed E-state index contributed by atoms with van der Waals surface area (Å²) in [4.78, 5) is 40.3. The number of rotatable bonds is 5. The van der Waals surface area contributed by atoms with Crippen molar-refractivity contribution in [3.63, 3.8) is 0 Å². The standard InChI is InChI=1S/C24H21F3N2O4/c1-33-19-13-6-5-10-16(19)21(31)28-23(24(25,26)27)20-17(11-7-12-18(20)30)29(22(23)32)14-15-8-3-2-4-9-15/h2-6,8-10,13H,7,11-12,14H2,1H3,(H,28,31)/t23-/m1/s1. The summed E-state index contributed by atoms with van der Waals surface area (Å²) in [6.07, 6.45) is -4.93. The van der Waals surface area contributed by atoms with Crippen molar-refractivity contribution in [3.8, 4) is 5.75 Å². The zero-order valence-corrected chi connectivity index (χ0v) is 17.7. The molecule has 0 fully saturated rings. The third kappa shape index (κ3) is 3.67. The third-order valence-electron chi connectivity index (χ3n) is 5.91. The molecule has 9 heteroatoms. The van der Waals surface area contributed by atoms with Gasteiger partial charge < -0.3 is 15.0 Å². The number of ether oxygens (including phenoxy) is 1. The van der Waals surface area contributed by atoms with Crippen LogP contribution in [0.4, 0.5) is 13.2 Å². The van der Waals surface area contributed by atoms with Crippen molar-refractivity contribution in [2.75, 3.05) is 7.11 Å². The van der Waals surface area contributed by atoms with Crippen LogP contribution in [0, 0.1) is 0 Å². The first-order valence-electron chi connectivity index (χ1n) is 10.4. The fraction of sp³-hybridized carbons (Fsp3) is 0.292. The number of nitrogens with zero attached hydrogens (tertiary/aromatic N) is 1. The molecule has 2 aromatic carbocycles. The minimum Gasteiger partial charge on any atom is -0.496 e. The molecule has 1 aliphatic heterocycles. The van der Waals surface area contributed by atoms with Gasteiger partial charge in [0, 0.05) is 12.1 Å². The Morgan fingerprint density at radius 3 is 2.39 bits per heavy atom. The van der Waals surface area contributed by atoms with E-state index in [-0.39, 0.29) is 36.4 Å². The van der Waals surface area contributed by atoms with Crippen LogP contribution in [-0.2, 0) is 16.1 Å². The van der Waals surface area contributed by atoms with E-state index in [2.05, 4.69) is 0 Å². The molecule has 0 bridgehead atoms. The van der Waals surface area contributed by atoms with Crippen molar-refractivity contribution in [2.45, 2.75) is 37.5 Å². The minimum atomic E-state index is -5.25. The van der Waals surface area contributed by atoms with Gasteiger partial charge in [-0.05, 0) is 30.5 Å². The maximum Gasteiger partial charge on any atom is 0.425 e. The highest BCUT2D eigenvalue weighted by Gasteiger charge is 2.71. The van der Waals surface area contributed by atoms with E-state index in [9.17, 15) is 27.6 Å². The Balaban J connectivity index is 1.84. The molecule has 0 spiro atoms. The lowest BCUT2D eigenvalue weighted by Gasteiger charge is -2.33. The average molecular weight is 458 g/mol. The first kappa shape index (κ1) is 22.6. The molecule has 2 amide bonds. The van der Waals surface area contributed by atoms with Crippen molar-refractivity contribution in [2.24, 2.45) is 0 Å². The van der Waals surface area contributed by atoms with Crippen LogP contribution in [-0.4, -0.2) is 41.3 Å². The lowest BCUT2D eigenvalue weighted by atomic mass is 9.81. The number of benzene rings is 2. The summed E-state index contributed by atoms with van der Waals surface area (Å²) in [5, 5.41) is 1.90. The van der Waals surface area contributed by atoms with E-state index in [4.69, 9.17) is 4.74 Å². The summed E-state index contributed by atoms with van der Waals surface area (Å²) in [6.45, 7) is -0.145. The third-order valence-corrected chi connectivity index (χ3v) is 5.91. The molecule has 6 nitrogen and oxygen atoms in total. The van der Waals surface area contributed by atoms with Gasteiger partial charge in [0.05, 0.1) is 24.8 Å². The number of Topliss-reactive ketones (excluding diaryl/α,β-unsaturated/α-hetero) is 1. The van der Waals surface area contributed by atoms with Gasteiger partial charge in [-0.1, -0.05) is 42.5 Å². The van der Waals surface area contributed by atoms with Crippen LogP contribution in [0.15, 0.2) is 65.9 Å². The zero-order valence-electron chi connectivity index (χ0n) is 17.7. The molecule has 0 saturated carbocycles. The predicted molar refractivity (Wildman–Crippen MR) is 112 cm³/mol. The molecule has 2 aliphatic rings. The Labute approximate surface area is 188 Å². The normalized spacial score (nSPS) is 20.7. The van der Waals surface area contributed by atoms with Crippen LogP contribution >= 0.6 is 0 Å². The van der Waals surface area contributed by atoms with Gasteiger partial charge >= 0.3 is 6.18 Å². The van der Waals surface area contributed by atoms with Crippen LogP contribution in [0.5, 0.6) is 5.75 Å². The second-order valence-electron chi connectivity index (χ2n) is 7.88. The van der Waals surface area contributed by atoms with E-state index in [0.717, 1.165) is 4.90 Å². The molecular weight excluding hydrogens is 437 g/mol. The highest BCUT2D eigenvalue weighted by Crippen LogP contribution is 2.49. The molecule has 1 N–H and O–H groups in total. The number of halogens is 3. The average Bonchev–Trinajstić information content (AvgIpc) is 3.04. The number of hydrogen-bond acceptors (Lipinski definition) is 4. The molecule has 0 unspecified atom stereocenters. The van der Waals surface area contributed by atoms with Crippen LogP contribution in [0.3, 0.4) is 0 Å². The highest BCUT2D eigenvalue weighted by molar-refractivity contribution is 6.14. The predicted octanol–water partition coefficient (Wildman–Crippen LogP) is 3.78. The summed E-state index contributed by atoms with van der Waals surface area (Å²) in [5.74, 6) is -3.30. The molecule has 1 atom stereocenters. The van der Waals surface area contributed by atoms with Crippen LogP contribution in [0.25, 0.3) is 0 Å². The highest BCUT2D eigenvalue weighted by atomic mass is 19.4. The topological polar surface area (TPSA) is 75.7 Å². The number of hydrogen-bond donors (Lipinski definition) is 1. The number of alkyl halides is 3. The van der Waals surface area contributed by atoms with Crippen LogP contribution in [0.1, 0.15) is 35.2 Å². The zero-order chi connectivity index (χ0) is 23.8. The molecule has 1 heterocycles. The molecular formula is C24H21F3N2O4. The van der Waals surface area contributed by atoms with E-state index >= 15 is 0 Å². The van der Waals surface area contributed by atoms with Gasteiger partial charge in [0.15, 0.2) is 5.78 Å². The summed E-state index contributed by atoms with van der Waals surface area (Å²) in [5.41, 5.74) is -3.72. The van der Waals surface area contributed by atoms with Crippen molar-refractivity contribution in [1.82, 2.24) is 10.2 Å². The number of carbonyl (C=O) groups excluding carboxylic acids is 3. The van der Waals surface area contributed by atoms with E-state index in [0.29, 0.717) is 12.0 Å². The molecule has 33 heavy (non-hydrogen) atoms. The second kappa shape index (κ2) is 8.38. The lowest BCUT2D eigenvalue weighted by molar-refractivity contribution is -0.190. The number of amides is 2. The Morgan fingerprint density at radius 1 is 1.06 bits per heavy atom. The maximum atomic E-state index is 14.7. The van der Waals surface area contributed by atoms with Crippen LogP contribution < -0.4 is 10.1 Å². The Kier molecular flexibility index (Phi) is 5.73. The largest absolute Gasteiger partial charge is 0.496 e. The molecule has 1 aliphatic carbocycles.